The lowest BCUT2D eigenvalue weighted by atomic mass is 10.1. The molecule has 1 aliphatic heterocycles. The zero-order valence-electron chi connectivity index (χ0n) is 15.1. The Balaban J connectivity index is 1.69. The number of ether oxygens (including phenoxy) is 2. The molecule has 3 rings (SSSR count). The van der Waals surface area contributed by atoms with E-state index in [2.05, 4.69) is 10.3 Å². The summed E-state index contributed by atoms with van der Waals surface area (Å²) in [5.74, 6) is 1.03. The van der Waals surface area contributed by atoms with Crippen molar-refractivity contribution >= 4 is 11.6 Å². The van der Waals surface area contributed by atoms with E-state index in [1.54, 1.807) is 11.1 Å². The van der Waals surface area contributed by atoms with Crippen LogP contribution in [0.5, 0.6) is 11.5 Å². The third-order valence-electron chi connectivity index (χ3n) is 4.43. The van der Waals surface area contributed by atoms with Gasteiger partial charge in [0.1, 0.15) is 17.6 Å². The van der Waals surface area contributed by atoms with Crippen LogP contribution in [-0.2, 0) is 11.8 Å². The number of rotatable bonds is 6. The number of nitro benzene ring substituents is 1. The SMILES string of the molecule is COc1cc(OCC(=O)N2CCNCC2c2nccn2C)ccc1[N+](=O)[O-]. The van der Waals surface area contributed by atoms with Crippen molar-refractivity contribution in [2.75, 3.05) is 33.4 Å². The maximum absolute atomic E-state index is 12.7. The molecular formula is C17H21N5O5. The molecule has 0 spiro atoms. The van der Waals surface area contributed by atoms with Gasteiger partial charge in [-0.3, -0.25) is 14.9 Å². The van der Waals surface area contributed by atoms with Gasteiger partial charge in [0.05, 0.1) is 12.0 Å². The van der Waals surface area contributed by atoms with E-state index in [1.165, 1.54) is 25.3 Å². The van der Waals surface area contributed by atoms with Gasteiger partial charge in [0.25, 0.3) is 5.91 Å². The number of nitrogens with zero attached hydrogens (tertiary/aromatic N) is 4. The summed E-state index contributed by atoms with van der Waals surface area (Å²) in [6.07, 6.45) is 3.54. The monoisotopic (exact) mass is 375 g/mol. The molecule has 1 atom stereocenters. The largest absolute Gasteiger partial charge is 0.490 e. The van der Waals surface area contributed by atoms with Crippen LogP contribution in [0.3, 0.4) is 0 Å². The topological polar surface area (TPSA) is 112 Å². The van der Waals surface area contributed by atoms with Crippen molar-refractivity contribution < 1.29 is 19.2 Å². The van der Waals surface area contributed by atoms with Gasteiger partial charge in [0, 0.05) is 51.2 Å². The molecule has 2 heterocycles. The molecule has 1 aromatic carbocycles. The van der Waals surface area contributed by atoms with E-state index in [1.807, 2.05) is 17.8 Å². The number of carbonyl (C=O) groups excluding carboxylic acids is 1. The van der Waals surface area contributed by atoms with Gasteiger partial charge in [-0.25, -0.2) is 4.98 Å². The second-order valence-electron chi connectivity index (χ2n) is 6.08. The lowest BCUT2D eigenvalue weighted by Crippen LogP contribution is -2.50. The molecule has 1 aliphatic rings. The van der Waals surface area contributed by atoms with Gasteiger partial charge in [0.2, 0.25) is 5.75 Å². The third-order valence-corrected chi connectivity index (χ3v) is 4.43. The summed E-state index contributed by atoms with van der Waals surface area (Å²) in [7, 11) is 3.23. The summed E-state index contributed by atoms with van der Waals surface area (Å²) in [5.41, 5.74) is -0.159. The summed E-state index contributed by atoms with van der Waals surface area (Å²) < 4.78 is 12.5. The standard InChI is InChI=1S/C17H21N5O5/c1-20-7-6-19-17(20)14-10-18-5-8-21(14)16(23)11-27-12-3-4-13(22(24)25)15(9-12)26-2/h3-4,6-7,9,14,18H,5,8,10-11H2,1-2H3. The molecule has 27 heavy (non-hydrogen) atoms. The molecule has 0 saturated carbocycles. The van der Waals surface area contributed by atoms with Gasteiger partial charge in [-0.15, -0.1) is 0 Å². The van der Waals surface area contributed by atoms with Gasteiger partial charge in [-0.1, -0.05) is 0 Å². The molecule has 1 saturated heterocycles. The molecule has 1 fully saturated rings. The van der Waals surface area contributed by atoms with Crippen LogP contribution in [0, 0.1) is 10.1 Å². The van der Waals surface area contributed by atoms with E-state index in [9.17, 15) is 14.9 Å². The first-order valence-corrected chi connectivity index (χ1v) is 8.44. The molecule has 1 N–H and O–H groups in total. The Labute approximate surface area is 155 Å². The Morgan fingerprint density at radius 1 is 1.48 bits per heavy atom. The molecule has 0 aliphatic carbocycles. The third kappa shape index (κ3) is 4.00. The predicted octanol–water partition coefficient (Wildman–Crippen LogP) is 0.889. The normalized spacial score (nSPS) is 16.8. The molecule has 10 heteroatoms. The first-order chi connectivity index (χ1) is 13.0. The van der Waals surface area contributed by atoms with Crippen LogP contribution in [0.1, 0.15) is 11.9 Å². The van der Waals surface area contributed by atoms with Gasteiger partial charge in [0.15, 0.2) is 6.61 Å². The smallest absolute Gasteiger partial charge is 0.311 e. The molecule has 2 aromatic rings. The Hall–Kier alpha value is -3.14. The Morgan fingerprint density at radius 3 is 2.96 bits per heavy atom. The second-order valence-corrected chi connectivity index (χ2v) is 6.08. The lowest BCUT2D eigenvalue weighted by molar-refractivity contribution is -0.385. The van der Waals surface area contributed by atoms with Crippen LogP contribution in [0.4, 0.5) is 5.69 Å². The van der Waals surface area contributed by atoms with Crippen molar-refractivity contribution in [1.29, 1.82) is 0 Å². The number of aryl methyl sites for hydroxylation is 1. The molecule has 1 unspecified atom stereocenters. The number of nitro groups is 1. The van der Waals surface area contributed by atoms with Crippen molar-refractivity contribution in [2.24, 2.45) is 7.05 Å². The second kappa shape index (κ2) is 8.04. The fourth-order valence-corrected chi connectivity index (χ4v) is 3.06. The van der Waals surface area contributed by atoms with Gasteiger partial charge in [-0.2, -0.15) is 0 Å². The number of nitrogens with one attached hydrogen (secondary N) is 1. The molecule has 0 radical (unpaired) electrons. The maximum Gasteiger partial charge on any atom is 0.311 e. The number of methoxy groups -OCH3 is 1. The van der Waals surface area contributed by atoms with Crippen molar-refractivity contribution in [3.63, 3.8) is 0 Å². The predicted molar refractivity (Wildman–Crippen MR) is 95.7 cm³/mol. The van der Waals surface area contributed by atoms with Crippen molar-refractivity contribution in [1.82, 2.24) is 19.8 Å². The summed E-state index contributed by atoms with van der Waals surface area (Å²) >= 11 is 0. The number of aromatic nitrogens is 2. The Bertz CT molecular complexity index is 837. The number of carbonyl (C=O) groups is 1. The minimum absolute atomic E-state index is 0.0815. The van der Waals surface area contributed by atoms with Crippen molar-refractivity contribution in [3.05, 3.63) is 46.5 Å². The fraction of sp³-hybridized carbons (Fsp3) is 0.412. The number of hydrogen-bond acceptors (Lipinski definition) is 7. The highest BCUT2D eigenvalue weighted by atomic mass is 16.6. The highest BCUT2D eigenvalue weighted by Gasteiger charge is 2.30. The van der Waals surface area contributed by atoms with Crippen molar-refractivity contribution in [3.8, 4) is 11.5 Å². The van der Waals surface area contributed by atoms with Gasteiger partial charge < -0.3 is 24.3 Å². The zero-order chi connectivity index (χ0) is 19.4. The molecule has 0 bridgehead atoms. The average molecular weight is 375 g/mol. The minimum Gasteiger partial charge on any atom is -0.490 e. The quantitative estimate of drug-likeness (QED) is 0.589. The van der Waals surface area contributed by atoms with Crippen LogP contribution in [-0.4, -0.2) is 58.6 Å². The first-order valence-electron chi connectivity index (χ1n) is 8.44. The zero-order valence-corrected chi connectivity index (χ0v) is 15.1. The summed E-state index contributed by atoms with van der Waals surface area (Å²) in [6, 6.07) is 3.96. The molecule has 10 nitrogen and oxygen atoms in total. The number of benzene rings is 1. The highest BCUT2D eigenvalue weighted by Crippen LogP contribution is 2.31. The highest BCUT2D eigenvalue weighted by molar-refractivity contribution is 5.78. The summed E-state index contributed by atoms with van der Waals surface area (Å²) in [4.78, 5) is 29.2. The molecule has 1 aromatic heterocycles. The molecule has 144 valence electrons. The van der Waals surface area contributed by atoms with Crippen LogP contribution in [0.25, 0.3) is 0 Å². The van der Waals surface area contributed by atoms with Gasteiger partial charge >= 0.3 is 5.69 Å². The number of imidazole rings is 1. The van der Waals surface area contributed by atoms with E-state index in [0.717, 1.165) is 5.82 Å². The van der Waals surface area contributed by atoms with Crippen LogP contribution >= 0.6 is 0 Å². The molecular weight excluding hydrogens is 354 g/mol. The molecule has 1 amide bonds. The number of amides is 1. The average Bonchev–Trinajstić information content (AvgIpc) is 3.11. The van der Waals surface area contributed by atoms with Crippen molar-refractivity contribution in [2.45, 2.75) is 6.04 Å². The summed E-state index contributed by atoms with van der Waals surface area (Å²) in [6.45, 7) is 1.67. The summed E-state index contributed by atoms with van der Waals surface area (Å²) in [5, 5.41) is 14.2. The van der Waals surface area contributed by atoms with E-state index < -0.39 is 4.92 Å². The van der Waals surface area contributed by atoms with Gasteiger partial charge in [-0.05, 0) is 6.07 Å². The number of piperazine rings is 1. The lowest BCUT2D eigenvalue weighted by Gasteiger charge is -2.35. The Kier molecular flexibility index (Phi) is 5.55. The maximum atomic E-state index is 12.7. The van der Waals surface area contributed by atoms with Crippen LogP contribution in [0.2, 0.25) is 0 Å². The Morgan fingerprint density at radius 2 is 2.30 bits per heavy atom. The van der Waals surface area contributed by atoms with E-state index >= 15 is 0 Å². The number of hydrogen-bond donors (Lipinski definition) is 1. The first kappa shape index (κ1) is 18.6. The van der Waals surface area contributed by atoms with Crippen LogP contribution in [0.15, 0.2) is 30.6 Å². The van der Waals surface area contributed by atoms with Crippen LogP contribution < -0.4 is 14.8 Å². The van der Waals surface area contributed by atoms with E-state index in [-0.39, 0.29) is 30.0 Å². The minimum atomic E-state index is -0.536. The van der Waals surface area contributed by atoms with E-state index in [4.69, 9.17) is 9.47 Å². The fourth-order valence-electron chi connectivity index (χ4n) is 3.06. The van der Waals surface area contributed by atoms with E-state index in [0.29, 0.717) is 25.4 Å².